The molecule has 0 aromatic heterocycles. The average molecular weight is 422 g/mol. The van der Waals surface area contributed by atoms with Crippen LogP contribution in [0, 0.1) is 0 Å². The maximum Gasteiger partial charge on any atom is 0.319 e. The number of hydrogen-bond acceptors (Lipinski definition) is 5. The lowest BCUT2D eigenvalue weighted by Gasteiger charge is -2.37. The predicted molar refractivity (Wildman–Crippen MR) is 114 cm³/mol. The van der Waals surface area contributed by atoms with Crippen molar-refractivity contribution in [2.45, 2.75) is 63.1 Å². The summed E-state index contributed by atoms with van der Waals surface area (Å²) in [5.74, 6) is -0.232. The molecule has 1 aromatic carbocycles. The minimum atomic E-state index is -0.571. The van der Waals surface area contributed by atoms with Gasteiger partial charge in [0.1, 0.15) is 0 Å². The van der Waals surface area contributed by atoms with Gasteiger partial charge in [-0.15, -0.1) is 0 Å². The summed E-state index contributed by atoms with van der Waals surface area (Å²) >= 11 is 5.93. The summed E-state index contributed by atoms with van der Waals surface area (Å²) in [4.78, 5) is 29.0. The molecule has 6 nitrogen and oxygen atoms in total. The highest BCUT2D eigenvalue weighted by Gasteiger charge is 2.36. The monoisotopic (exact) mass is 421 g/mol. The molecule has 2 fully saturated rings. The van der Waals surface area contributed by atoms with Crippen LogP contribution in [-0.2, 0) is 20.7 Å². The maximum absolute atomic E-state index is 12.9. The van der Waals surface area contributed by atoms with Gasteiger partial charge < -0.3 is 15.4 Å². The fourth-order valence-corrected chi connectivity index (χ4v) is 4.72. The molecule has 1 aliphatic carbocycles. The SMILES string of the molecule is COC(=O)CN(C1CCCCC1)C1CCN(C(=O)C(N)Cc2ccc(Cl)cc2)C1. The van der Waals surface area contributed by atoms with Crippen molar-refractivity contribution in [1.29, 1.82) is 0 Å². The van der Waals surface area contributed by atoms with Crippen molar-refractivity contribution in [3.63, 3.8) is 0 Å². The normalized spacial score (nSPS) is 21.4. The number of rotatable bonds is 7. The third kappa shape index (κ3) is 5.93. The van der Waals surface area contributed by atoms with Gasteiger partial charge >= 0.3 is 5.97 Å². The predicted octanol–water partition coefficient (Wildman–Crippen LogP) is 2.62. The molecule has 1 amide bonds. The van der Waals surface area contributed by atoms with Gasteiger partial charge in [0.2, 0.25) is 5.91 Å². The summed E-state index contributed by atoms with van der Waals surface area (Å²) in [6.07, 6.45) is 7.23. The lowest BCUT2D eigenvalue weighted by atomic mass is 9.93. The molecule has 1 aromatic rings. The Morgan fingerprint density at radius 1 is 1.17 bits per heavy atom. The molecule has 160 valence electrons. The number of likely N-dealkylation sites (tertiary alicyclic amines) is 1. The van der Waals surface area contributed by atoms with E-state index in [9.17, 15) is 9.59 Å². The third-order valence-electron chi connectivity index (χ3n) is 6.21. The summed E-state index contributed by atoms with van der Waals surface area (Å²) in [6, 6.07) is 7.45. The average Bonchev–Trinajstić information content (AvgIpc) is 3.23. The minimum Gasteiger partial charge on any atom is -0.468 e. The zero-order valence-electron chi connectivity index (χ0n) is 17.2. The molecule has 7 heteroatoms. The van der Waals surface area contributed by atoms with E-state index in [2.05, 4.69) is 4.90 Å². The first kappa shape index (κ1) is 22.1. The molecule has 2 unspecified atom stereocenters. The van der Waals surface area contributed by atoms with Gasteiger partial charge in [-0.25, -0.2) is 0 Å². The van der Waals surface area contributed by atoms with Crippen molar-refractivity contribution in [1.82, 2.24) is 9.80 Å². The highest BCUT2D eigenvalue weighted by atomic mass is 35.5. The molecule has 0 radical (unpaired) electrons. The van der Waals surface area contributed by atoms with E-state index in [1.165, 1.54) is 26.4 Å². The number of carbonyl (C=O) groups excluding carboxylic acids is 2. The minimum absolute atomic E-state index is 0.0240. The zero-order chi connectivity index (χ0) is 20.8. The van der Waals surface area contributed by atoms with Crippen LogP contribution in [0.3, 0.4) is 0 Å². The molecule has 1 saturated carbocycles. The number of nitrogens with two attached hydrogens (primary N) is 1. The van der Waals surface area contributed by atoms with E-state index in [1.54, 1.807) is 0 Å². The highest BCUT2D eigenvalue weighted by molar-refractivity contribution is 6.30. The van der Waals surface area contributed by atoms with Crippen LogP contribution in [0.1, 0.15) is 44.1 Å². The van der Waals surface area contributed by atoms with Crippen LogP contribution in [0.25, 0.3) is 0 Å². The van der Waals surface area contributed by atoms with Crippen LogP contribution < -0.4 is 5.73 Å². The molecule has 2 aliphatic rings. The van der Waals surface area contributed by atoms with Gasteiger partial charge in [0.15, 0.2) is 0 Å². The Morgan fingerprint density at radius 3 is 2.52 bits per heavy atom. The second-order valence-corrected chi connectivity index (χ2v) is 8.64. The second kappa shape index (κ2) is 10.4. The summed E-state index contributed by atoms with van der Waals surface area (Å²) in [6.45, 7) is 1.60. The van der Waals surface area contributed by atoms with E-state index < -0.39 is 6.04 Å². The quantitative estimate of drug-likeness (QED) is 0.685. The van der Waals surface area contributed by atoms with Gasteiger partial charge in [-0.05, 0) is 43.4 Å². The first-order chi connectivity index (χ1) is 14.0. The van der Waals surface area contributed by atoms with Crippen LogP contribution in [0.5, 0.6) is 0 Å². The van der Waals surface area contributed by atoms with E-state index in [0.717, 1.165) is 24.8 Å². The molecule has 1 aliphatic heterocycles. The van der Waals surface area contributed by atoms with Crippen LogP contribution >= 0.6 is 11.6 Å². The molecule has 3 rings (SSSR count). The summed E-state index contributed by atoms with van der Waals surface area (Å²) in [5, 5.41) is 0.671. The first-order valence-corrected chi connectivity index (χ1v) is 11.0. The van der Waals surface area contributed by atoms with Crippen molar-refractivity contribution < 1.29 is 14.3 Å². The number of hydrogen-bond donors (Lipinski definition) is 1. The summed E-state index contributed by atoms with van der Waals surface area (Å²) in [7, 11) is 1.43. The molecule has 0 bridgehead atoms. The van der Waals surface area contributed by atoms with Crippen molar-refractivity contribution in [3.05, 3.63) is 34.9 Å². The van der Waals surface area contributed by atoms with Gasteiger partial charge in [0.05, 0.1) is 19.7 Å². The van der Waals surface area contributed by atoms with Gasteiger partial charge in [0.25, 0.3) is 0 Å². The van der Waals surface area contributed by atoms with Crippen LogP contribution in [0.2, 0.25) is 5.02 Å². The number of ether oxygens (including phenoxy) is 1. The number of nitrogens with zero attached hydrogens (tertiary/aromatic N) is 2. The van der Waals surface area contributed by atoms with E-state index in [-0.39, 0.29) is 17.9 Å². The van der Waals surface area contributed by atoms with Crippen molar-refractivity contribution in [2.75, 3.05) is 26.7 Å². The van der Waals surface area contributed by atoms with Crippen LogP contribution in [0.15, 0.2) is 24.3 Å². The number of amides is 1. The molecule has 1 heterocycles. The van der Waals surface area contributed by atoms with E-state index in [0.29, 0.717) is 37.1 Å². The lowest BCUT2D eigenvalue weighted by molar-refractivity contribution is -0.143. The molecule has 2 atom stereocenters. The Hall–Kier alpha value is -1.63. The second-order valence-electron chi connectivity index (χ2n) is 8.20. The first-order valence-electron chi connectivity index (χ1n) is 10.6. The fourth-order valence-electron chi connectivity index (χ4n) is 4.59. The van der Waals surface area contributed by atoms with Crippen molar-refractivity contribution in [3.8, 4) is 0 Å². The largest absolute Gasteiger partial charge is 0.468 e. The number of benzene rings is 1. The molecule has 2 N–H and O–H groups in total. The Bertz CT molecular complexity index is 691. The van der Waals surface area contributed by atoms with E-state index >= 15 is 0 Å². The van der Waals surface area contributed by atoms with E-state index in [1.807, 2.05) is 29.2 Å². The van der Waals surface area contributed by atoms with Crippen LogP contribution in [0.4, 0.5) is 0 Å². The van der Waals surface area contributed by atoms with Gasteiger partial charge in [0, 0.05) is 30.2 Å². The number of methoxy groups -OCH3 is 1. The Kier molecular flexibility index (Phi) is 7.92. The third-order valence-corrected chi connectivity index (χ3v) is 6.47. The number of esters is 1. The summed E-state index contributed by atoms with van der Waals surface area (Å²) in [5.41, 5.74) is 7.22. The fraction of sp³-hybridized carbons (Fsp3) is 0.636. The summed E-state index contributed by atoms with van der Waals surface area (Å²) < 4.78 is 4.93. The van der Waals surface area contributed by atoms with Crippen molar-refractivity contribution in [2.24, 2.45) is 5.73 Å². The molecule has 0 spiro atoms. The molecular weight excluding hydrogens is 390 g/mol. The van der Waals surface area contributed by atoms with Gasteiger partial charge in [-0.3, -0.25) is 14.5 Å². The van der Waals surface area contributed by atoms with Gasteiger partial charge in [-0.2, -0.15) is 0 Å². The lowest BCUT2D eigenvalue weighted by Crippen LogP contribution is -2.50. The molecule has 1 saturated heterocycles. The highest BCUT2D eigenvalue weighted by Crippen LogP contribution is 2.27. The van der Waals surface area contributed by atoms with Crippen LogP contribution in [-0.4, -0.2) is 66.5 Å². The Labute approximate surface area is 178 Å². The standard InChI is InChI=1S/C22H32ClN3O3/c1-29-21(27)15-26(18-5-3-2-4-6-18)19-11-12-25(14-19)22(28)20(24)13-16-7-9-17(23)10-8-16/h7-10,18-20H,2-6,11-15,24H2,1H3. The van der Waals surface area contributed by atoms with E-state index in [4.69, 9.17) is 22.1 Å². The molecular formula is C22H32ClN3O3. The zero-order valence-corrected chi connectivity index (χ0v) is 17.9. The Morgan fingerprint density at radius 2 is 1.86 bits per heavy atom. The number of halogens is 1. The van der Waals surface area contributed by atoms with Gasteiger partial charge in [-0.1, -0.05) is 43.0 Å². The smallest absolute Gasteiger partial charge is 0.319 e. The topological polar surface area (TPSA) is 75.9 Å². The molecule has 29 heavy (non-hydrogen) atoms. The maximum atomic E-state index is 12.9. The van der Waals surface area contributed by atoms with Crippen molar-refractivity contribution >= 4 is 23.5 Å². The Balaban J connectivity index is 1.60. The number of carbonyl (C=O) groups is 2.